The molecule has 2 rings (SSSR count). The number of ether oxygens (including phenoxy) is 3. The number of methoxy groups -OCH3 is 1. The Morgan fingerprint density at radius 3 is 2.46 bits per heavy atom. The van der Waals surface area contributed by atoms with Crippen LogP contribution < -0.4 is 4.74 Å². The molecule has 9 heteroatoms. The van der Waals surface area contributed by atoms with Crippen molar-refractivity contribution in [1.82, 2.24) is 0 Å². The quantitative estimate of drug-likeness (QED) is 0.633. The van der Waals surface area contributed by atoms with Crippen molar-refractivity contribution in [3.63, 3.8) is 0 Å². The molecule has 1 unspecified atom stereocenters. The van der Waals surface area contributed by atoms with E-state index in [0.717, 1.165) is 18.2 Å². The molecule has 0 aliphatic heterocycles. The lowest BCUT2D eigenvalue weighted by molar-refractivity contribution is -0.164. The van der Waals surface area contributed by atoms with Gasteiger partial charge in [0.1, 0.15) is 11.5 Å². The van der Waals surface area contributed by atoms with Crippen molar-refractivity contribution in [2.45, 2.75) is 25.6 Å². The zero-order valence-electron chi connectivity index (χ0n) is 14.9. The Morgan fingerprint density at radius 1 is 1.14 bits per heavy atom. The van der Waals surface area contributed by atoms with Crippen molar-refractivity contribution in [1.29, 1.82) is 0 Å². The summed E-state index contributed by atoms with van der Waals surface area (Å²) in [6, 6.07) is 9.04. The first-order valence-corrected chi connectivity index (χ1v) is 8.39. The van der Waals surface area contributed by atoms with Crippen LogP contribution in [-0.4, -0.2) is 25.2 Å². The van der Waals surface area contributed by atoms with Gasteiger partial charge in [0.05, 0.1) is 24.1 Å². The molecule has 0 bridgehead atoms. The SMILES string of the molecule is COC(=O)C(C)OC(=O)Cc1cccc(Oc2ccc(C(F)(F)F)cc2Cl)c1. The average molecular weight is 417 g/mol. The second kappa shape index (κ2) is 8.97. The lowest BCUT2D eigenvalue weighted by Crippen LogP contribution is -2.26. The lowest BCUT2D eigenvalue weighted by atomic mass is 10.1. The van der Waals surface area contributed by atoms with Crippen molar-refractivity contribution in [3.05, 3.63) is 58.6 Å². The van der Waals surface area contributed by atoms with E-state index in [2.05, 4.69) is 4.74 Å². The zero-order chi connectivity index (χ0) is 20.9. The molecule has 150 valence electrons. The van der Waals surface area contributed by atoms with Gasteiger partial charge in [0, 0.05) is 0 Å². The molecule has 1 atom stereocenters. The molecule has 0 N–H and O–H groups in total. The van der Waals surface area contributed by atoms with E-state index in [1.807, 2.05) is 0 Å². The highest BCUT2D eigenvalue weighted by atomic mass is 35.5. The molecule has 28 heavy (non-hydrogen) atoms. The van der Waals surface area contributed by atoms with Gasteiger partial charge in [-0.2, -0.15) is 13.2 Å². The molecule has 0 saturated carbocycles. The molecule has 0 saturated heterocycles. The Balaban J connectivity index is 2.07. The van der Waals surface area contributed by atoms with Crippen LogP contribution in [0.25, 0.3) is 0 Å². The van der Waals surface area contributed by atoms with Crippen LogP contribution in [0, 0.1) is 0 Å². The molecular formula is C19H16ClF3O5. The third-order valence-electron chi connectivity index (χ3n) is 3.58. The van der Waals surface area contributed by atoms with E-state index in [-0.39, 0.29) is 22.9 Å². The van der Waals surface area contributed by atoms with Crippen molar-refractivity contribution in [3.8, 4) is 11.5 Å². The minimum Gasteiger partial charge on any atom is -0.466 e. The molecule has 2 aromatic carbocycles. The van der Waals surface area contributed by atoms with Gasteiger partial charge in [0.15, 0.2) is 6.10 Å². The number of benzene rings is 2. The van der Waals surface area contributed by atoms with E-state index in [9.17, 15) is 22.8 Å². The van der Waals surface area contributed by atoms with E-state index in [4.69, 9.17) is 21.1 Å². The number of carbonyl (C=O) groups excluding carboxylic acids is 2. The summed E-state index contributed by atoms with van der Waals surface area (Å²) < 4.78 is 53.0. The van der Waals surface area contributed by atoms with Gasteiger partial charge in [0.2, 0.25) is 0 Å². The number of halogens is 4. The molecule has 0 aliphatic rings. The Labute approximate surface area is 164 Å². The molecule has 0 aliphatic carbocycles. The van der Waals surface area contributed by atoms with Gasteiger partial charge in [-0.3, -0.25) is 4.79 Å². The van der Waals surface area contributed by atoms with Gasteiger partial charge in [-0.25, -0.2) is 4.79 Å². The van der Waals surface area contributed by atoms with Gasteiger partial charge in [0.25, 0.3) is 0 Å². The van der Waals surface area contributed by atoms with Crippen LogP contribution in [-0.2, 0) is 31.7 Å². The Kier molecular flexibility index (Phi) is 6.90. The van der Waals surface area contributed by atoms with Crippen molar-refractivity contribution < 1.29 is 37.0 Å². The maximum Gasteiger partial charge on any atom is 0.416 e. The smallest absolute Gasteiger partial charge is 0.416 e. The molecule has 5 nitrogen and oxygen atoms in total. The number of alkyl halides is 3. The van der Waals surface area contributed by atoms with Crippen molar-refractivity contribution in [2.24, 2.45) is 0 Å². The summed E-state index contributed by atoms with van der Waals surface area (Å²) in [6.07, 6.45) is -5.69. The van der Waals surface area contributed by atoms with Crippen LogP contribution in [0.2, 0.25) is 5.02 Å². The average Bonchev–Trinajstić information content (AvgIpc) is 2.62. The van der Waals surface area contributed by atoms with Gasteiger partial charge in [-0.05, 0) is 42.8 Å². The summed E-state index contributed by atoms with van der Waals surface area (Å²) in [5.41, 5.74) is -0.372. The van der Waals surface area contributed by atoms with E-state index in [1.54, 1.807) is 18.2 Å². The third kappa shape index (κ3) is 5.88. The maximum absolute atomic E-state index is 12.7. The lowest BCUT2D eigenvalue weighted by Gasteiger charge is -2.13. The summed E-state index contributed by atoms with van der Waals surface area (Å²) >= 11 is 5.87. The van der Waals surface area contributed by atoms with Crippen molar-refractivity contribution >= 4 is 23.5 Å². The summed E-state index contributed by atoms with van der Waals surface area (Å²) in [6.45, 7) is 1.38. The van der Waals surface area contributed by atoms with Gasteiger partial charge >= 0.3 is 18.1 Å². The van der Waals surface area contributed by atoms with Crippen LogP contribution in [0.5, 0.6) is 11.5 Å². The summed E-state index contributed by atoms with van der Waals surface area (Å²) in [5, 5.41) is -0.202. The summed E-state index contributed by atoms with van der Waals surface area (Å²) in [5.74, 6) is -1.02. The zero-order valence-corrected chi connectivity index (χ0v) is 15.6. The highest BCUT2D eigenvalue weighted by molar-refractivity contribution is 6.32. The Morgan fingerprint density at radius 2 is 1.86 bits per heavy atom. The van der Waals surface area contributed by atoms with E-state index >= 15 is 0 Å². The molecule has 0 heterocycles. The normalized spacial score (nSPS) is 12.2. The second-order valence-corrected chi connectivity index (χ2v) is 6.13. The van der Waals surface area contributed by atoms with Crippen LogP contribution in [0.1, 0.15) is 18.1 Å². The van der Waals surface area contributed by atoms with Gasteiger partial charge in [-0.15, -0.1) is 0 Å². The number of rotatable bonds is 6. The second-order valence-electron chi connectivity index (χ2n) is 5.72. The van der Waals surface area contributed by atoms with Crippen LogP contribution in [0.15, 0.2) is 42.5 Å². The fraction of sp³-hybridized carbons (Fsp3) is 0.263. The van der Waals surface area contributed by atoms with Gasteiger partial charge in [-0.1, -0.05) is 23.7 Å². The monoisotopic (exact) mass is 416 g/mol. The fourth-order valence-electron chi connectivity index (χ4n) is 2.23. The minimum atomic E-state index is -4.51. The topological polar surface area (TPSA) is 61.8 Å². The summed E-state index contributed by atoms with van der Waals surface area (Å²) in [7, 11) is 1.18. The van der Waals surface area contributed by atoms with E-state index in [0.29, 0.717) is 5.56 Å². The first-order chi connectivity index (χ1) is 13.1. The van der Waals surface area contributed by atoms with E-state index < -0.39 is 29.8 Å². The number of esters is 2. The fourth-order valence-corrected chi connectivity index (χ4v) is 2.44. The van der Waals surface area contributed by atoms with E-state index in [1.165, 1.54) is 20.1 Å². The first-order valence-electron chi connectivity index (χ1n) is 8.01. The number of hydrogen-bond acceptors (Lipinski definition) is 5. The van der Waals surface area contributed by atoms with Crippen LogP contribution in [0.3, 0.4) is 0 Å². The largest absolute Gasteiger partial charge is 0.466 e. The summed E-state index contributed by atoms with van der Waals surface area (Å²) in [4.78, 5) is 23.2. The molecule has 0 aromatic heterocycles. The predicted octanol–water partition coefficient (Wildman–Crippen LogP) is 4.80. The van der Waals surface area contributed by atoms with Crippen LogP contribution in [0.4, 0.5) is 13.2 Å². The molecule has 0 radical (unpaired) electrons. The molecule has 0 amide bonds. The van der Waals surface area contributed by atoms with Crippen LogP contribution >= 0.6 is 11.6 Å². The molecular weight excluding hydrogens is 401 g/mol. The minimum absolute atomic E-state index is 0.0358. The molecule has 0 spiro atoms. The highest BCUT2D eigenvalue weighted by Crippen LogP contribution is 2.36. The van der Waals surface area contributed by atoms with Crippen molar-refractivity contribution in [2.75, 3.05) is 7.11 Å². The Hall–Kier alpha value is -2.74. The molecule has 0 fully saturated rings. The Bertz CT molecular complexity index is 867. The highest BCUT2D eigenvalue weighted by Gasteiger charge is 2.31. The third-order valence-corrected chi connectivity index (χ3v) is 3.87. The molecule has 2 aromatic rings. The predicted molar refractivity (Wildman–Crippen MR) is 94.2 cm³/mol. The number of hydrogen-bond donors (Lipinski definition) is 0. The number of carbonyl (C=O) groups is 2. The standard InChI is InChI=1S/C19H16ClF3O5/c1-11(18(25)26-2)27-17(24)9-12-4-3-5-14(8-12)28-16-7-6-13(10-15(16)20)19(21,22)23/h3-8,10-11H,9H2,1-2H3. The van der Waals surface area contributed by atoms with Gasteiger partial charge < -0.3 is 14.2 Å². The first kappa shape index (κ1) is 21.6. The maximum atomic E-state index is 12.7.